The summed E-state index contributed by atoms with van der Waals surface area (Å²) in [6.07, 6.45) is 0. The molecule has 1 rings (SSSR count). The van der Waals surface area contributed by atoms with Crippen LogP contribution in [0.2, 0.25) is 0 Å². The van der Waals surface area contributed by atoms with Gasteiger partial charge in [-0.15, -0.1) is 0 Å². The van der Waals surface area contributed by atoms with E-state index >= 15 is 0 Å². The minimum absolute atomic E-state index is 0.00523. The van der Waals surface area contributed by atoms with E-state index in [1.807, 2.05) is 4.90 Å². The fraction of sp³-hybridized carbons (Fsp3) is 0.818. The van der Waals surface area contributed by atoms with Crippen LogP contribution in [0.4, 0.5) is 0 Å². The lowest BCUT2D eigenvalue weighted by molar-refractivity contribution is -0.130. The van der Waals surface area contributed by atoms with Gasteiger partial charge in [0, 0.05) is 40.0 Å². The van der Waals surface area contributed by atoms with Gasteiger partial charge in [0.15, 0.2) is 0 Å². The van der Waals surface area contributed by atoms with Crippen molar-refractivity contribution in [1.29, 1.82) is 0 Å². The molecule has 17 heavy (non-hydrogen) atoms. The van der Waals surface area contributed by atoms with Gasteiger partial charge < -0.3 is 20.4 Å². The minimum Gasteiger partial charge on any atom is -0.344 e. The van der Waals surface area contributed by atoms with Crippen LogP contribution >= 0.6 is 0 Å². The summed E-state index contributed by atoms with van der Waals surface area (Å²) in [4.78, 5) is 25.0. The predicted molar refractivity (Wildman–Crippen MR) is 67.5 cm³/mol. The maximum absolute atomic E-state index is 10.8. The molecule has 0 saturated carbocycles. The number of likely N-dealkylation sites (N-methyl/N-ethyl adjacent to an activating group) is 1. The minimum atomic E-state index is -0.00523. The molecule has 1 aliphatic rings. The molecule has 100 valence electrons. The van der Waals surface area contributed by atoms with Gasteiger partial charge in [0.2, 0.25) is 11.8 Å². The molecule has 0 aromatic carbocycles. The van der Waals surface area contributed by atoms with E-state index in [-0.39, 0.29) is 11.8 Å². The molecule has 0 aliphatic carbocycles. The standard InChI is InChI=1S/C7H14N2O.C4H10N2O/c1-7(10)9-5-3-8(2)4-6-9;1-4(7)6-3-5-2/h3-6H2,1-2H3;5H,3H2,1-2H3,(H,6,7). The van der Waals surface area contributed by atoms with Gasteiger partial charge >= 0.3 is 0 Å². The molecule has 0 unspecified atom stereocenters. The first-order chi connectivity index (χ1) is 7.97. The van der Waals surface area contributed by atoms with E-state index in [1.165, 1.54) is 6.92 Å². The Balaban J connectivity index is 0.000000325. The molecule has 0 atom stereocenters. The first-order valence-electron chi connectivity index (χ1n) is 5.80. The van der Waals surface area contributed by atoms with Crippen molar-refractivity contribution < 1.29 is 9.59 Å². The quantitative estimate of drug-likeness (QED) is 0.617. The van der Waals surface area contributed by atoms with E-state index < -0.39 is 0 Å². The van der Waals surface area contributed by atoms with E-state index in [1.54, 1.807) is 14.0 Å². The lowest BCUT2D eigenvalue weighted by Crippen LogP contribution is -2.46. The number of nitrogens with one attached hydrogen (secondary N) is 2. The van der Waals surface area contributed by atoms with Crippen LogP contribution in [-0.4, -0.2) is 68.6 Å². The number of piperazine rings is 1. The van der Waals surface area contributed by atoms with Gasteiger partial charge in [-0.1, -0.05) is 0 Å². The highest BCUT2D eigenvalue weighted by Gasteiger charge is 2.14. The van der Waals surface area contributed by atoms with Crippen molar-refractivity contribution in [2.75, 3.05) is 46.9 Å². The summed E-state index contributed by atoms with van der Waals surface area (Å²) in [5.74, 6) is 0.197. The van der Waals surface area contributed by atoms with E-state index in [0.29, 0.717) is 6.67 Å². The highest BCUT2D eigenvalue weighted by atomic mass is 16.2. The Labute approximate surface area is 103 Å². The van der Waals surface area contributed by atoms with Gasteiger partial charge in [-0.2, -0.15) is 0 Å². The number of carbonyl (C=O) groups excluding carboxylic acids is 2. The molecule has 2 N–H and O–H groups in total. The summed E-state index contributed by atoms with van der Waals surface area (Å²) in [6, 6.07) is 0. The van der Waals surface area contributed by atoms with E-state index in [0.717, 1.165) is 26.2 Å². The van der Waals surface area contributed by atoms with Crippen LogP contribution in [0.15, 0.2) is 0 Å². The van der Waals surface area contributed by atoms with E-state index in [4.69, 9.17) is 0 Å². The summed E-state index contributed by atoms with van der Waals surface area (Å²) < 4.78 is 0. The molecule has 0 aromatic rings. The molecule has 0 radical (unpaired) electrons. The largest absolute Gasteiger partial charge is 0.344 e. The van der Waals surface area contributed by atoms with Crippen LogP contribution in [0.5, 0.6) is 0 Å². The van der Waals surface area contributed by atoms with Crippen LogP contribution in [0, 0.1) is 0 Å². The maximum Gasteiger partial charge on any atom is 0.219 e. The first-order valence-corrected chi connectivity index (χ1v) is 5.80. The highest BCUT2D eigenvalue weighted by Crippen LogP contribution is 1.98. The molecule has 6 nitrogen and oxygen atoms in total. The zero-order valence-electron chi connectivity index (χ0n) is 11.2. The van der Waals surface area contributed by atoms with Gasteiger partial charge in [0.05, 0.1) is 6.67 Å². The number of nitrogens with zero attached hydrogens (tertiary/aromatic N) is 2. The Morgan fingerprint density at radius 2 is 1.65 bits per heavy atom. The average molecular weight is 244 g/mol. The van der Waals surface area contributed by atoms with Crippen molar-refractivity contribution in [3.63, 3.8) is 0 Å². The van der Waals surface area contributed by atoms with E-state index in [2.05, 4.69) is 22.6 Å². The zero-order valence-corrected chi connectivity index (χ0v) is 11.2. The van der Waals surface area contributed by atoms with Crippen molar-refractivity contribution in [2.24, 2.45) is 0 Å². The number of carbonyl (C=O) groups is 2. The van der Waals surface area contributed by atoms with Crippen molar-refractivity contribution >= 4 is 11.8 Å². The second-order valence-corrected chi connectivity index (χ2v) is 4.07. The topological polar surface area (TPSA) is 64.7 Å². The first kappa shape index (κ1) is 15.9. The molecule has 2 amide bonds. The predicted octanol–water partition coefficient (Wildman–Crippen LogP) is -0.920. The number of amides is 2. The fourth-order valence-corrected chi connectivity index (χ4v) is 1.33. The summed E-state index contributed by atoms with van der Waals surface area (Å²) >= 11 is 0. The molecule has 1 heterocycles. The Hall–Kier alpha value is -1.14. The smallest absolute Gasteiger partial charge is 0.219 e. The highest BCUT2D eigenvalue weighted by molar-refractivity contribution is 5.73. The van der Waals surface area contributed by atoms with Crippen molar-refractivity contribution in [1.82, 2.24) is 20.4 Å². The summed E-state index contributed by atoms with van der Waals surface area (Å²) in [5, 5.41) is 5.31. The van der Waals surface area contributed by atoms with Gasteiger partial charge in [0.1, 0.15) is 0 Å². The lowest BCUT2D eigenvalue weighted by Gasteiger charge is -2.31. The average Bonchev–Trinajstić information content (AvgIpc) is 2.27. The van der Waals surface area contributed by atoms with Gasteiger partial charge in [-0.25, -0.2) is 0 Å². The Morgan fingerprint density at radius 1 is 1.12 bits per heavy atom. The van der Waals surface area contributed by atoms with Crippen LogP contribution in [0.25, 0.3) is 0 Å². The number of hydrogen-bond donors (Lipinski definition) is 2. The third kappa shape index (κ3) is 8.65. The molecule has 1 saturated heterocycles. The second-order valence-electron chi connectivity index (χ2n) is 4.07. The van der Waals surface area contributed by atoms with E-state index in [9.17, 15) is 9.59 Å². The van der Waals surface area contributed by atoms with Gasteiger partial charge in [-0.05, 0) is 14.1 Å². The van der Waals surface area contributed by atoms with Crippen LogP contribution < -0.4 is 10.6 Å². The molecule has 6 heteroatoms. The fourth-order valence-electron chi connectivity index (χ4n) is 1.33. The Morgan fingerprint density at radius 3 is 1.94 bits per heavy atom. The molecule has 0 bridgehead atoms. The second kappa shape index (κ2) is 8.95. The molecule has 0 spiro atoms. The number of rotatable bonds is 2. The van der Waals surface area contributed by atoms with Crippen molar-refractivity contribution in [2.45, 2.75) is 13.8 Å². The maximum atomic E-state index is 10.8. The Bertz CT molecular complexity index is 238. The third-order valence-corrected chi connectivity index (χ3v) is 2.46. The molecule has 1 fully saturated rings. The van der Waals surface area contributed by atoms with Crippen LogP contribution in [0.3, 0.4) is 0 Å². The van der Waals surface area contributed by atoms with Gasteiger partial charge in [0.25, 0.3) is 0 Å². The molecular formula is C11H24N4O2. The molecular weight excluding hydrogens is 220 g/mol. The van der Waals surface area contributed by atoms with Crippen LogP contribution in [0.1, 0.15) is 13.8 Å². The number of hydrogen-bond acceptors (Lipinski definition) is 4. The summed E-state index contributed by atoms with van der Waals surface area (Å²) in [6.45, 7) is 7.48. The Kier molecular flexibility index (Phi) is 8.35. The zero-order chi connectivity index (χ0) is 13.3. The van der Waals surface area contributed by atoms with Gasteiger partial charge in [-0.3, -0.25) is 9.59 Å². The SMILES string of the molecule is CC(=O)N1CCN(C)CC1.CNCNC(C)=O. The summed E-state index contributed by atoms with van der Waals surface area (Å²) in [7, 11) is 3.85. The lowest BCUT2D eigenvalue weighted by atomic mass is 10.3. The molecule has 1 aliphatic heterocycles. The third-order valence-electron chi connectivity index (χ3n) is 2.46. The molecule has 0 aromatic heterocycles. The van der Waals surface area contributed by atoms with Crippen LogP contribution in [-0.2, 0) is 9.59 Å². The normalized spacial score (nSPS) is 15.9. The monoisotopic (exact) mass is 244 g/mol. The van der Waals surface area contributed by atoms with Crippen molar-refractivity contribution in [3.8, 4) is 0 Å². The summed E-state index contributed by atoms with van der Waals surface area (Å²) in [5.41, 5.74) is 0. The van der Waals surface area contributed by atoms with Crippen molar-refractivity contribution in [3.05, 3.63) is 0 Å².